The second-order valence-corrected chi connectivity index (χ2v) is 4.41. The minimum atomic E-state index is -0.279. The van der Waals surface area contributed by atoms with Gasteiger partial charge in [-0.05, 0) is 12.1 Å². The molecule has 0 saturated carbocycles. The van der Waals surface area contributed by atoms with Crippen LogP contribution in [0.3, 0.4) is 0 Å². The normalized spacial score (nSPS) is 9.62. The maximum absolute atomic E-state index is 13.3. The number of halogens is 3. The molecule has 2 aromatic carbocycles. The van der Waals surface area contributed by atoms with E-state index in [2.05, 4.69) is 0 Å². The highest BCUT2D eigenvalue weighted by Crippen LogP contribution is 2.14. The molecule has 84 valence electrons. The fourth-order valence-corrected chi connectivity index (χ4v) is 2.33. The van der Waals surface area contributed by atoms with Crippen molar-refractivity contribution >= 4 is 31.6 Å². The Bertz CT molecular complexity index is 431. The third-order valence-electron chi connectivity index (χ3n) is 2.02. The van der Waals surface area contributed by atoms with Crippen LogP contribution in [0.1, 0.15) is 0 Å². The fourth-order valence-electron chi connectivity index (χ4n) is 1.27. The molecule has 0 N–H and O–H groups in total. The van der Waals surface area contributed by atoms with E-state index in [0.717, 1.165) is 0 Å². The highest BCUT2D eigenvalue weighted by atomic mass is 35.5. The van der Waals surface area contributed by atoms with Gasteiger partial charge in [-0.15, -0.1) is 12.4 Å². The van der Waals surface area contributed by atoms with E-state index in [4.69, 9.17) is 0 Å². The molecule has 0 spiro atoms. The van der Waals surface area contributed by atoms with Crippen LogP contribution < -0.4 is 10.6 Å². The van der Waals surface area contributed by atoms with Crippen molar-refractivity contribution in [3.63, 3.8) is 0 Å². The molecule has 0 aromatic heterocycles. The van der Waals surface area contributed by atoms with Crippen LogP contribution in [0.4, 0.5) is 8.78 Å². The van der Waals surface area contributed by atoms with Crippen LogP contribution in [-0.4, -0.2) is 0 Å². The fraction of sp³-hybridized carbons (Fsp3) is 0. The summed E-state index contributed by atoms with van der Waals surface area (Å²) >= 11 is 0. The Hall–Kier alpha value is -0.980. The Morgan fingerprint density at radius 1 is 0.688 bits per heavy atom. The van der Waals surface area contributed by atoms with Gasteiger partial charge in [0, 0.05) is 10.6 Å². The van der Waals surface area contributed by atoms with Gasteiger partial charge in [0.05, 0.1) is 0 Å². The van der Waals surface area contributed by atoms with E-state index < -0.39 is 0 Å². The molecule has 0 atom stereocenters. The van der Waals surface area contributed by atoms with Crippen LogP contribution in [0.15, 0.2) is 48.5 Å². The van der Waals surface area contributed by atoms with E-state index in [9.17, 15) is 8.78 Å². The van der Waals surface area contributed by atoms with Gasteiger partial charge in [0.2, 0.25) is 0 Å². The standard InChI is InChI=1S/C12H9F2P.ClH/c13-9-5-1-3-7-11(9)15-12-8-4-2-6-10(12)14;/h1-8,15H;1H. The summed E-state index contributed by atoms with van der Waals surface area (Å²) in [5.74, 6) is -0.557. The van der Waals surface area contributed by atoms with Gasteiger partial charge in [0.1, 0.15) is 11.6 Å². The summed E-state index contributed by atoms with van der Waals surface area (Å²) in [5, 5.41) is 1.09. The molecule has 0 aliphatic carbocycles. The van der Waals surface area contributed by atoms with Crippen molar-refractivity contribution in [2.45, 2.75) is 0 Å². The molecule has 0 heterocycles. The van der Waals surface area contributed by atoms with Crippen molar-refractivity contribution in [1.29, 1.82) is 0 Å². The maximum Gasteiger partial charge on any atom is 0.130 e. The summed E-state index contributed by atoms with van der Waals surface area (Å²) < 4.78 is 26.6. The van der Waals surface area contributed by atoms with Gasteiger partial charge in [0.25, 0.3) is 0 Å². The zero-order valence-corrected chi connectivity index (χ0v) is 10.1. The van der Waals surface area contributed by atoms with E-state index in [0.29, 0.717) is 10.6 Å². The lowest BCUT2D eigenvalue weighted by Crippen LogP contribution is -2.09. The average molecular weight is 259 g/mol. The molecule has 0 bridgehead atoms. The van der Waals surface area contributed by atoms with Crippen molar-refractivity contribution in [2.75, 3.05) is 0 Å². The Morgan fingerprint density at radius 2 is 1.06 bits per heavy atom. The van der Waals surface area contributed by atoms with Crippen molar-refractivity contribution in [3.05, 3.63) is 60.2 Å². The second-order valence-electron chi connectivity index (χ2n) is 3.08. The smallest absolute Gasteiger partial charge is 0.130 e. The predicted octanol–water partition coefficient (Wildman–Crippen LogP) is 3.02. The zero-order chi connectivity index (χ0) is 10.7. The average Bonchev–Trinajstić information content (AvgIpc) is 2.24. The zero-order valence-electron chi connectivity index (χ0n) is 8.28. The quantitative estimate of drug-likeness (QED) is 0.727. The van der Waals surface area contributed by atoms with E-state index in [-0.39, 0.29) is 32.6 Å². The van der Waals surface area contributed by atoms with Gasteiger partial charge in [-0.2, -0.15) is 0 Å². The predicted molar refractivity (Wildman–Crippen MR) is 67.6 cm³/mol. The van der Waals surface area contributed by atoms with Gasteiger partial charge in [-0.3, -0.25) is 0 Å². The van der Waals surface area contributed by atoms with Crippen molar-refractivity contribution < 1.29 is 8.78 Å². The van der Waals surface area contributed by atoms with Crippen molar-refractivity contribution in [1.82, 2.24) is 0 Å². The van der Waals surface area contributed by atoms with Crippen LogP contribution in [-0.2, 0) is 0 Å². The van der Waals surface area contributed by atoms with Crippen LogP contribution in [0.5, 0.6) is 0 Å². The van der Waals surface area contributed by atoms with Gasteiger partial charge in [-0.1, -0.05) is 45.0 Å². The van der Waals surface area contributed by atoms with Crippen molar-refractivity contribution in [3.8, 4) is 0 Å². The first-order chi connectivity index (χ1) is 7.27. The van der Waals surface area contributed by atoms with E-state index in [1.54, 1.807) is 36.4 Å². The summed E-state index contributed by atoms with van der Waals surface area (Å²) in [7, 11) is 0.0244. The number of benzene rings is 2. The molecule has 0 fully saturated rings. The Balaban J connectivity index is 0.00000128. The number of hydrogen-bond donors (Lipinski definition) is 0. The monoisotopic (exact) mass is 258 g/mol. The van der Waals surface area contributed by atoms with Crippen LogP contribution in [0.2, 0.25) is 0 Å². The Morgan fingerprint density at radius 3 is 1.44 bits per heavy atom. The van der Waals surface area contributed by atoms with Crippen LogP contribution in [0.25, 0.3) is 0 Å². The SMILES string of the molecule is Cl.Fc1ccccc1Pc1ccccc1F. The highest BCUT2D eigenvalue weighted by Gasteiger charge is 2.05. The van der Waals surface area contributed by atoms with Gasteiger partial charge < -0.3 is 0 Å². The summed E-state index contributed by atoms with van der Waals surface area (Å²) in [6.07, 6.45) is 0. The summed E-state index contributed by atoms with van der Waals surface area (Å²) in [6.45, 7) is 0. The number of hydrogen-bond acceptors (Lipinski definition) is 0. The molecule has 4 heteroatoms. The lowest BCUT2D eigenvalue weighted by Gasteiger charge is -2.04. The second kappa shape index (κ2) is 5.93. The molecular weight excluding hydrogens is 249 g/mol. The summed E-state index contributed by atoms with van der Waals surface area (Å²) in [6, 6.07) is 12.9. The molecular formula is C12H10ClF2P. The number of rotatable bonds is 2. The molecule has 0 nitrogen and oxygen atoms in total. The first kappa shape index (κ1) is 13.1. The van der Waals surface area contributed by atoms with E-state index in [1.807, 2.05) is 0 Å². The third kappa shape index (κ3) is 3.01. The van der Waals surface area contributed by atoms with Gasteiger partial charge >= 0.3 is 0 Å². The molecule has 0 aliphatic heterocycles. The molecule has 2 aromatic rings. The molecule has 0 radical (unpaired) electrons. The third-order valence-corrected chi connectivity index (χ3v) is 3.37. The lowest BCUT2D eigenvalue weighted by molar-refractivity contribution is 0.635. The van der Waals surface area contributed by atoms with Crippen molar-refractivity contribution in [2.24, 2.45) is 0 Å². The molecule has 16 heavy (non-hydrogen) atoms. The Kier molecular flexibility index (Phi) is 4.85. The highest BCUT2D eigenvalue weighted by molar-refractivity contribution is 7.55. The molecule has 0 amide bonds. The van der Waals surface area contributed by atoms with Crippen LogP contribution in [0, 0.1) is 11.6 Å². The van der Waals surface area contributed by atoms with Gasteiger partial charge in [0.15, 0.2) is 0 Å². The summed E-state index contributed by atoms with van der Waals surface area (Å²) in [4.78, 5) is 0. The molecule has 2 rings (SSSR count). The first-order valence-electron chi connectivity index (χ1n) is 4.53. The summed E-state index contributed by atoms with van der Waals surface area (Å²) in [5.41, 5.74) is 0. The molecule has 0 saturated heterocycles. The maximum atomic E-state index is 13.3. The minimum Gasteiger partial charge on any atom is -0.206 e. The Labute approximate surface area is 101 Å². The first-order valence-corrected chi connectivity index (χ1v) is 5.53. The molecule has 0 unspecified atom stereocenters. The largest absolute Gasteiger partial charge is 0.206 e. The topological polar surface area (TPSA) is 0 Å². The minimum absolute atomic E-state index is 0. The van der Waals surface area contributed by atoms with Crippen LogP contribution >= 0.6 is 21.0 Å². The molecule has 0 aliphatic rings. The van der Waals surface area contributed by atoms with E-state index >= 15 is 0 Å². The lowest BCUT2D eigenvalue weighted by atomic mass is 10.3. The van der Waals surface area contributed by atoms with Gasteiger partial charge in [-0.25, -0.2) is 8.78 Å². The van der Waals surface area contributed by atoms with E-state index in [1.165, 1.54) is 12.1 Å².